The van der Waals surface area contributed by atoms with Crippen LogP contribution in [0, 0.1) is 0 Å². The van der Waals surface area contributed by atoms with E-state index in [1.165, 1.54) is 4.90 Å². The van der Waals surface area contributed by atoms with Crippen LogP contribution in [0.4, 0.5) is 9.70 Å². The Labute approximate surface area is 104 Å². The molecule has 1 atom stereocenters. The number of anilines is 1. The first-order valence-corrected chi connectivity index (χ1v) is 7.14. The van der Waals surface area contributed by atoms with Gasteiger partial charge in [0, 0.05) is 24.7 Å². The van der Waals surface area contributed by atoms with E-state index in [9.17, 15) is 17.1 Å². The number of hydrogen-bond acceptors (Lipinski definition) is 4. The van der Waals surface area contributed by atoms with E-state index in [0.717, 1.165) is 18.5 Å². The Morgan fingerprint density at radius 2 is 2.33 bits per heavy atom. The highest BCUT2D eigenvalue weighted by molar-refractivity contribution is 7.87. The van der Waals surface area contributed by atoms with Crippen LogP contribution in [0.5, 0.6) is 0 Å². The molecule has 1 saturated heterocycles. The summed E-state index contributed by atoms with van der Waals surface area (Å²) in [5, 5.41) is 5.44. The summed E-state index contributed by atoms with van der Waals surface area (Å²) in [4.78, 5) is 12.8. The van der Waals surface area contributed by atoms with Gasteiger partial charge in [0.15, 0.2) is 5.82 Å². The fraction of sp³-hybridized carbons (Fsp3) is 0.600. The van der Waals surface area contributed by atoms with Gasteiger partial charge in [0.2, 0.25) is 5.91 Å². The van der Waals surface area contributed by atoms with Crippen molar-refractivity contribution in [2.24, 2.45) is 0 Å². The molecule has 18 heavy (non-hydrogen) atoms. The van der Waals surface area contributed by atoms with Gasteiger partial charge in [-0.05, 0) is 6.42 Å². The quantitative estimate of drug-likeness (QED) is 0.823. The summed E-state index contributed by atoms with van der Waals surface area (Å²) in [6, 6.07) is 1.69. The average Bonchev–Trinajstić information content (AvgIpc) is 2.84. The van der Waals surface area contributed by atoms with E-state index in [-0.39, 0.29) is 13.0 Å². The zero-order valence-electron chi connectivity index (χ0n) is 9.89. The Hall–Kier alpha value is -1.44. The minimum Gasteiger partial charge on any atom is -0.294 e. The van der Waals surface area contributed by atoms with Gasteiger partial charge in [0.1, 0.15) is 5.25 Å². The molecule has 2 rings (SSSR count). The monoisotopic (exact) mass is 275 g/mol. The number of aromatic amines is 1. The van der Waals surface area contributed by atoms with Crippen molar-refractivity contribution < 1.29 is 17.1 Å². The summed E-state index contributed by atoms with van der Waals surface area (Å²) >= 11 is 0. The van der Waals surface area contributed by atoms with Crippen LogP contribution < -0.4 is 4.90 Å². The number of nitrogens with zero attached hydrogens (tertiary/aromatic N) is 2. The van der Waals surface area contributed by atoms with Gasteiger partial charge in [-0.25, -0.2) is 0 Å². The first-order valence-electron chi connectivity index (χ1n) is 5.70. The maximum atomic E-state index is 12.8. The highest BCUT2D eigenvalue weighted by Gasteiger charge is 2.39. The summed E-state index contributed by atoms with van der Waals surface area (Å²) in [5.74, 6) is -0.0645. The van der Waals surface area contributed by atoms with Crippen molar-refractivity contribution in [2.45, 2.75) is 31.4 Å². The van der Waals surface area contributed by atoms with Crippen molar-refractivity contribution in [3.8, 4) is 0 Å². The topological polar surface area (TPSA) is 83.1 Å². The van der Waals surface area contributed by atoms with Crippen molar-refractivity contribution >= 4 is 21.9 Å². The molecule has 0 bridgehead atoms. The molecular formula is C10H14FN3O3S. The Morgan fingerprint density at radius 3 is 2.89 bits per heavy atom. The van der Waals surface area contributed by atoms with E-state index in [4.69, 9.17) is 0 Å². The zero-order valence-corrected chi connectivity index (χ0v) is 10.7. The maximum Gasteiger partial charge on any atom is 0.307 e. The second-order valence-corrected chi connectivity index (χ2v) is 5.93. The summed E-state index contributed by atoms with van der Waals surface area (Å²) in [6.45, 7) is 1.83. The van der Waals surface area contributed by atoms with E-state index in [0.29, 0.717) is 5.82 Å². The van der Waals surface area contributed by atoms with Crippen LogP contribution in [0.15, 0.2) is 6.07 Å². The second-order valence-electron chi connectivity index (χ2n) is 4.31. The van der Waals surface area contributed by atoms with Crippen LogP contribution >= 0.6 is 0 Å². The molecule has 0 saturated carbocycles. The number of amides is 1. The smallest absolute Gasteiger partial charge is 0.294 e. The molecule has 1 aromatic heterocycles. The normalized spacial score (nSPS) is 20.7. The third-order valence-electron chi connectivity index (χ3n) is 2.90. The first kappa shape index (κ1) is 13.0. The van der Waals surface area contributed by atoms with Crippen LogP contribution in [0.2, 0.25) is 0 Å². The van der Waals surface area contributed by atoms with Crippen molar-refractivity contribution in [3.63, 3.8) is 0 Å². The van der Waals surface area contributed by atoms with E-state index in [2.05, 4.69) is 10.2 Å². The lowest BCUT2D eigenvalue weighted by Gasteiger charge is -2.11. The number of carbonyl (C=O) groups excluding carboxylic acids is 1. The first-order chi connectivity index (χ1) is 8.41. The Bertz CT molecular complexity index is 554. The van der Waals surface area contributed by atoms with Gasteiger partial charge >= 0.3 is 10.2 Å². The lowest BCUT2D eigenvalue weighted by atomic mass is 10.2. The van der Waals surface area contributed by atoms with Crippen molar-refractivity contribution in [2.75, 3.05) is 11.4 Å². The molecule has 0 spiro atoms. The van der Waals surface area contributed by atoms with Crippen molar-refractivity contribution in [1.82, 2.24) is 10.2 Å². The lowest BCUT2D eigenvalue weighted by Crippen LogP contribution is -2.27. The number of H-pyrrole nitrogens is 1. The fourth-order valence-electron chi connectivity index (χ4n) is 1.97. The lowest BCUT2D eigenvalue weighted by molar-refractivity contribution is -0.117. The molecule has 1 aliphatic heterocycles. The van der Waals surface area contributed by atoms with Gasteiger partial charge in [-0.2, -0.15) is 13.5 Å². The molecule has 100 valence electrons. The molecule has 1 aromatic rings. The number of aryl methyl sites for hydroxylation is 1. The van der Waals surface area contributed by atoms with Crippen molar-refractivity contribution in [1.29, 1.82) is 0 Å². The maximum absolute atomic E-state index is 12.8. The van der Waals surface area contributed by atoms with Gasteiger partial charge < -0.3 is 0 Å². The van der Waals surface area contributed by atoms with E-state index in [1.54, 1.807) is 6.07 Å². The summed E-state index contributed by atoms with van der Waals surface area (Å²) in [6.07, 6.45) is 1.39. The van der Waals surface area contributed by atoms with Crippen LogP contribution in [0.25, 0.3) is 0 Å². The second kappa shape index (κ2) is 4.68. The van der Waals surface area contributed by atoms with Crippen LogP contribution in [0.1, 0.15) is 25.5 Å². The molecule has 2 heterocycles. The molecule has 0 aromatic carbocycles. The number of carbonyl (C=O) groups is 1. The predicted octanol–water partition coefficient (Wildman–Crippen LogP) is 0.767. The third-order valence-corrected chi connectivity index (χ3v) is 4.01. The Kier molecular flexibility index (Phi) is 3.38. The largest absolute Gasteiger partial charge is 0.307 e. The highest BCUT2D eigenvalue weighted by Crippen LogP contribution is 2.24. The number of nitrogens with one attached hydrogen (secondary N) is 1. The van der Waals surface area contributed by atoms with E-state index >= 15 is 0 Å². The number of aromatic nitrogens is 2. The summed E-state index contributed by atoms with van der Waals surface area (Å²) < 4.78 is 34.4. The molecule has 6 nitrogen and oxygen atoms in total. The van der Waals surface area contributed by atoms with Crippen LogP contribution in [-0.2, 0) is 21.4 Å². The molecule has 1 N–H and O–H groups in total. The standard InChI is InChI=1S/C10H14FN3O3S/c1-2-3-7-4-9(13-12-7)14-6-8(5-10(14)15)18(11,16)17/h4,8H,2-3,5-6H2,1H3,(H,12,13). The minimum atomic E-state index is -4.68. The van der Waals surface area contributed by atoms with Gasteiger partial charge in [-0.15, -0.1) is 3.89 Å². The molecule has 1 aliphatic rings. The predicted molar refractivity (Wildman–Crippen MR) is 63.4 cm³/mol. The van der Waals surface area contributed by atoms with Crippen molar-refractivity contribution in [3.05, 3.63) is 11.8 Å². The molecular weight excluding hydrogens is 261 g/mol. The molecule has 8 heteroatoms. The van der Waals surface area contributed by atoms with Gasteiger partial charge in [0.05, 0.1) is 0 Å². The summed E-state index contributed by atoms with van der Waals surface area (Å²) in [7, 11) is -4.68. The molecule has 1 fully saturated rings. The average molecular weight is 275 g/mol. The van der Waals surface area contributed by atoms with Crippen LogP contribution in [-0.4, -0.2) is 36.3 Å². The number of halogens is 1. The zero-order chi connectivity index (χ0) is 13.3. The van der Waals surface area contributed by atoms with Gasteiger partial charge in [0.25, 0.3) is 0 Å². The van der Waals surface area contributed by atoms with Gasteiger partial charge in [-0.3, -0.25) is 14.8 Å². The fourth-order valence-corrected chi connectivity index (χ4v) is 2.64. The van der Waals surface area contributed by atoms with Gasteiger partial charge in [-0.1, -0.05) is 13.3 Å². The Morgan fingerprint density at radius 1 is 1.61 bits per heavy atom. The minimum absolute atomic E-state index is 0.173. The van der Waals surface area contributed by atoms with E-state index < -0.39 is 21.4 Å². The Balaban J connectivity index is 2.16. The third kappa shape index (κ3) is 2.53. The highest BCUT2D eigenvalue weighted by atomic mass is 32.3. The number of rotatable bonds is 4. The summed E-state index contributed by atoms with van der Waals surface area (Å²) in [5.41, 5.74) is 0.867. The number of hydrogen-bond donors (Lipinski definition) is 1. The van der Waals surface area contributed by atoms with Crippen LogP contribution in [0.3, 0.4) is 0 Å². The molecule has 1 amide bonds. The van der Waals surface area contributed by atoms with E-state index in [1.807, 2.05) is 6.92 Å². The molecule has 0 aliphatic carbocycles. The molecule has 1 unspecified atom stereocenters. The molecule has 0 radical (unpaired) electrons. The SMILES string of the molecule is CCCc1cc(N2CC(S(=O)(=O)F)CC2=O)n[nH]1.